The van der Waals surface area contributed by atoms with Crippen LogP contribution >= 0.6 is 0 Å². The smallest absolute Gasteiger partial charge is 0.305 e. The maximum Gasteiger partial charge on any atom is 0.305 e. The molecule has 6 nitrogen and oxygen atoms in total. The number of carbonyl (C=O) groups is 2. The lowest BCUT2D eigenvalue weighted by Crippen LogP contribution is -2.42. The molecule has 0 bridgehead atoms. The fourth-order valence-electron chi connectivity index (χ4n) is 4.28. The highest BCUT2D eigenvalue weighted by Gasteiger charge is 2.24. The molecule has 0 amide bonds. The van der Waals surface area contributed by atoms with E-state index >= 15 is 0 Å². The Labute approximate surface area is 202 Å². The molecule has 0 radical (unpaired) electrons. The van der Waals surface area contributed by atoms with Crippen molar-refractivity contribution in [3.05, 3.63) is 0 Å². The van der Waals surface area contributed by atoms with Crippen LogP contribution in [0.15, 0.2) is 0 Å². The van der Waals surface area contributed by atoms with Gasteiger partial charge in [0, 0.05) is 31.3 Å². The van der Waals surface area contributed by atoms with Crippen molar-refractivity contribution in [2.75, 3.05) is 32.9 Å². The molecule has 0 unspecified atom stereocenters. The highest BCUT2D eigenvalue weighted by molar-refractivity contribution is 5.69. The Hall–Kier alpha value is -1.14. The predicted octanol–water partition coefficient (Wildman–Crippen LogP) is 5.65. The molecule has 1 aliphatic carbocycles. The van der Waals surface area contributed by atoms with Crippen molar-refractivity contribution in [1.29, 1.82) is 0 Å². The average Bonchev–Trinajstić information content (AvgIpc) is 2.77. The topological polar surface area (TPSA) is 76.1 Å². The zero-order valence-corrected chi connectivity index (χ0v) is 21.5. The van der Waals surface area contributed by atoms with Gasteiger partial charge in [-0.15, -0.1) is 0 Å². The number of esters is 2. The minimum Gasteiger partial charge on any atom is -0.465 e. The molecule has 194 valence electrons. The van der Waals surface area contributed by atoms with Crippen LogP contribution in [0.25, 0.3) is 0 Å². The monoisotopic (exact) mass is 469 g/mol. The molecule has 1 rings (SSSR count). The Morgan fingerprint density at radius 2 is 1.39 bits per heavy atom. The number of hydrogen-bond donors (Lipinski definition) is 1. The van der Waals surface area contributed by atoms with Gasteiger partial charge in [-0.3, -0.25) is 14.5 Å². The first kappa shape index (κ1) is 29.9. The molecule has 6 heteroatoms. The number of carbonyl (C=O) groups excluding carboxylic acids is 2. The highest BCUT2D eigenvalue weighted by Crippen LogP contribution is 2.25. The molecular weight excluding hydrogens is 418 g/mol. The summed E-state index contributed by atoms with van der Waals surface area (Å²) in [6, 6.07) is 0.635. The van der Waals surface area contributed by atoms with E-state index in [2.05, 4.69) is 18.7 Å². The zero-order valence-electron chi connectivity index (χ0n) is 21.5. The van der Waals surface area contributed by atoms with Gasteiger partial charge in [-0.1, -0.05) is 65.2 Å². The zero-order chi connectivity index (χ0) is 24.2. The number of nitrogens with zero attached hydrogens (tertiary/aromatic N) is 1. The minimum absolute atomic E-state index is 0.0548. The van der Waals surface area contributed by atoms with E-state index in [1.54, 1.807) is 0 Å². The summed E-state index contributed by atoms with van der Waals surface area (Å²) < 4.78 is 11.1. The van der Waals surface area contributed by atoms with Gasteiger partial charge >= 0.3 is 11.9 Å². The van der Waals surface area contributed by atoms with Gasteiger partial charge in [0.25, 0.3) is 0 Å². The van der Waals surface area contributed by atoms with Crippen molar-refractivity contribution in [3.63, 3.8) is 0 Å². The van der Waals surface area contributed by atoms with E-state index in [9.17, 15) is 14.7 Å². The Balaban J connectivity index is 2.36. The summed E-state index contributed by atoms with van der Waals surface area (Å²) in [6.07, 6.45) is 16.1. The van der Waals surface area contributed by atoms with Crippen molar-refractivity contribution < 1.29 is 24.2 Å². The molecule has 0 aliphatic heterocycles. The minimum atomic E-state index is -0.138. The molecule has 33 heavy (non-hydrogen) atoms. The molecule has 0 aromatic heterocycles. The average molecular weight is 470 g/mol. The van der Waals surface area contributed by atoms with Crippen LogP contribution in [0.2, 0.25) is 0 Å². The van der Waals surface area contributed by atoms with Crippen molar-refractivity contribution >= 4 is 11.9 Å². The second kappa shape index (κ2) is 20.3. The summed E-state index contributed by atoms with van der Waals surface area (Å²) >= 11 is 0. The second-order valence-corrected chi connectivity index (χ2v) is 9.69. The van der Waals surface area contributed by atoms with Crippen molar-refractivity contribution in [3.8, 4) is 0 Å². The van der Waals surface area contributed by atoms with Gasteiger partial charge in [0.1, 0.15) is 0 Å². The summed E-state index contributed by atoms with van der Waals surface area (Å²) in [7, 11) is 0. The third-order valence-electron chi connectivity index (χ3n) is 6.71. The fraction of sp³-hybridized carbons (Fsp3) is 0.926. The fourth-order valence-corrected chi connectivity index (χ4v) is 4.28. The van der Waals surface area contributed by atoms with E-state index in [4.69, 9.17) is 9.47 Å². The van der Waals surface area contributed by atoms with E-state index in [0.717, 1.165) is 83.7 Å². The van der Waals surface area contributed by atoms with Crippen LogP contribution in [0.1, 0.15) is 117 Å². The highest BCUT2D eigenvalue weighted by atomic mass is 16.5. The lowest BCUT2D eigenvalue weighted by molar-refractivity contribution is -0.149. The van der Waals surface area contributed by atoms with Gasteiger partial charge in [-0.25, -0.2) is 0 Å². The Kier molecular flexibility index (Phi) is 18.3. The summed E-state index contributed by atoms with van der Waals surface area (Å²) in [5.74, 6) is -0.221. The number of rotatable bonds is 22. The van der Waals surface area contributed by atoms with Crippen LogP contribution in [-0.2, 0) is 19.1 Å². The molecule has 1 fully saturated rings. The van der Waals surface area contributed by atoms with E-state index in [1.807, 2.05) is 0 Å². The molecule has 1 N–H and O–H groups in total. The first-order chi connectivity index (χ1) is 16.1. The van der Waals surface area contributed by atoms with E-state index in [0.29, 0.717) is 32.1 Å². The standard InChI is InChI=1S/C27H51NO5/c1-3-5-7-9-17-26(30)32-22-24(23-33-27(31)18-10-8-6-4-2)14-11-12-19-28(20-21-29)25-15-13-16-25/h24-25,29H,3-23H2,1-2H3. The van der Waals surface area contributed by atoms with Gasteiger partial charge in [0.2, 0.25) is 0 Å². The normalized spacial score (nSPS) is 14.0. The Morgan fingerprint density at radius 3 is 1.85 bits per heavy atom. The number of aliphatic hydroxyl groups excluding tert-OH is 1. The third-order valence-corrected chi connectivity index (χ3v) is 6.71. The summed E-state index contributed by atoms with van der Waals surface area (Å²) in [6.45, 7) is 6.93. The molecule has 0 saturated heterocycles. The van der Waals surface area contributed by atoms with Gasteiger partial charge in [0.05, 0.1) is 19.8 Å². The molecule has 0 spiro atoms. The van der Waals surface area contributed by atoms with Crippen LogP contribution in [0.5, 0.6) is 0 Å². The Morgan fingerprint density at radius 1 is 0.818 bits per heavy atom. The third kappa shape index (κ3) is 15.4. The second-order valence-electron chi connectivity index (χ2n) is 9.69. The van der Waals surface area contributed by atoms with Crippen molar-refractivity contribution in [1.82, 2.24) is 4.90 Å². The van der Waals surface area contributed by atoms with Gasteiger partial charge in [0.15, 0.2) is 0 Å². The number of unbranched alkanes of at least 4 members (excludes halogenated alkanes) is 7. The quantitative estimate of drug-likeness (QED) is 0.163. The van der Waals surface area contributed by atoms with E-state index in [1.165, 1.54) is 19.3 Å². The summed E-state index contributed by atoms with van der Waals surface area (Å²) in [5, 5.41) is 9.34. The predicted molar refractivity (Wildman–Crippen MR) is 133 cm³/mol. The van der Waals surface area contributed by atoms with Gasteiger partial charge < -0.3 is 14.6 Å². The number of aliphatic hydroxyl groups is 1. The molecule has 1 saturated carbocycles. The maximum atomic E-state index is 12.1. The van der Waals surface area contributed by atoms with Crippen LogP contribution in [0, 0.1) is 5.92 Å². The van der Waals surface area contributed by atoms with Crippen LogP contribution in [0.3, 0.4) is 0 Å². The number of hydrogen-bond acceptors (Lipinski definition) is 6. The molecule has 0 aromatic carbocycles. The van der Waals surface area contributed by atoms with E-state index in [-0.39, 0.29) is 24.5 Å². The molecular formula is C27H51NO5. The van der Waals surface area contributed by atoms with Crippen molar-refractivity contribution in [2.24, 2.45) is 5.92 Å². The largest absolute Gasteiger partial charge is 0.465 e. The first-order valence-corrected chi connectivity index (χ1v) is 13.8. The summed E-state index contributed by atoms with van der Waals surface area (Å²) in [4.78, 5) is 26.6. The van der Waals surface area contributed by atoms with Crippen LogP contribution < -0.4 is 0 Å². The maximum absolute atomic E-state index is 12.1. The van der Waals surface area contributed by atoms with Crippen LogP contribution in [-0.4, -0.2) is 60.9 Å². The molecule has 0 heterocycles. The summed E-state index contributed by atoms with van der Waals surface area (Å²) in [5.41, 5.74) is 0. The van der Waals surface area contributed by atoms with Crippen LogP contribution in [0.4, 0.5) is 0 Å². The molecule has 0 atom stereocenters. The van der Waals surface area contributed by atoms with Gasteiger partial charge in [-0.2, -0.15) is 0 Å². The van der Waals surface area contributed by atoms with Gasteiger partial charge in [-0.05, 0) is 45.1 Å². The lowest BCUT2D eigenvalue weighted by atomic mass is 9.91. The SMILES string of the molecule is CCCCCCC(=O)OCC(CCCCN(CCO)C1CCC1)COC(=O)CCCCCC. The Bertz CT molecular complexity index is 467. The molecule has 0 aromatic rings. The van der Waals surface area contributed by atoms with Crippen molar-refractivity contribution in [2.45, 2.75) is 123 Å². The van der Waals surface area contributed by atoms with E-state index < -0.39 is 0 Å². The lowest BCUT2D eigenvalue weighted by Gasteiger charge is -2.37. The molecule has 1 aliphatic rings. The number of ether oxygens (including phenoxy) is 2. The first-order valence-electron chi connectivity index (χ1n) is 13.8.